The molecule has 1 aliphatic rings. The highest BCUT2D eigenvalue weighted by atomic mass is 16.2. The molecule has 2 unspecified atom stereocenters. The maximum absolute atomic E-state index is 12.0. The molecule has 86 valence electrons. The lowest BCUT2D eigenvalue weighted by Crippen LogP contribution is -2.24. The topological polar surface area (TPSA) is 29.1 Å². The fraction of sp³-hybridized carbons (Fsp3) is 0.500. The van der Waals surface area contributed by atoms with Crippen LogP contribution >= 0.6 is 0 Å². The van der Waals surface area contributed by atoms with Crippen LogP contribution in [0.4, 0.5) is 5.69 Å². The molecule has 2 heteroatoms. The van der Waals surface area contributed by atoms with Crippen LogP contribution in [0.5, 0.6) is 0 Å². The molecule has 2 nitrogen and oxygen atoms in total. The molecule has 0 aliphatic carbocycles. The van der Waals surface area contributed by atoms with Crippen molar-refractivity contribution in [1.82, 2.24) is 0 Å². The Bertz CT molecular complexity index is 397. The molecule has 2 rings (SSSR count). The summed E-state index contributed by atoms with van der Waals surface area (Å²) in [5.74, 6) is 1.18. The molecule has 2 atom stereocenters. The van der Waals surface area contributed by atoms with E-state index < -0.39 is 0 Å². The molecular formula is C14H19NO. The van der Waals surface area contributed by atoms with E-state index in [4.69, 9.17) is 0 Å². The van der Waals surface area contributed by atoms with Gasteiger partial charge in [-0.15, -0.1) is 0 Å². The number of carbonyl (C=O) groups excluding carboxylic acids is 1. The minimum atomic E-state index is 0.0428. The Morgan fingerprint density at radius 3 is 2.62 bits per heavy atom. The maximum Gasteiger partial charge on any atom is 0.232 e. The zero-order chi connectivity index (χ0) is 11.7. The lowest BCUT2D eigenvalue weighted by atomic mass is 9.78. The van der Waals surface area contributed by atoms with Gasteiger partial charge in [0.2, 0.25) is 5.91 Å². The standard InChI is InChI=1S/C14H19NO/c1-4-10(9(2)3)13-11-7-5-6-8-12(11)15-14(13)16/h5-10,13H,4H2,1-3H3,(H,15,16). The van der Waals surface area contributed by atoms with Gasteiger partial charge >= 0.3 is 0 Å². The van der Waals surface area contributed by atoms with Gasteiger partial charge < -0.3 is 5.32 Å². The molecule has 1 amide bonds. The van der Waals surface area contributed by atoms with Gasteiger partial charge in [0.1, 0.15) is 0 Å². The van der Waals surface area contributed by atoms with Crippen LogP contribution in [-0.4, -0.2) is 5.91 Å². The summed E-state index contributed by atoms with van der Waals surface area (Å²) in [5, 5.41) is 2.98. The van der Waals surface area contributed by atoms with Gasteiger partial charge in [-0.05, 0) is 23.5 Å². The summed E-state index contributed by atoms with van der Waals surface area (Å²) in [4.78, 5) is 12.0. The van der Waals surface area contributed by atoms with Gasteiger partial charge in [0.05, 0.1) is 5.92 Å². The second kappa shape index (κ2) is 4.28. The fourth-order valence-electron chi connectivity index (χ4n) is 2.75. The first-order valence-electron chi connectivity index (χ1n) is 6.05. The number of fused-ring (bicyclic) bond motifs is 1. The molecule has 1 N–H and O–H groups in total. The summed E-state index contributed by atoms with van der Waals surface area (Å²) >= 11 is 0. The van der Waals surface area contributed by atoms with Crippen LogP contribution < -0.4 is 5.32 Å². The summed E-state index contributed by atoms with van der Waals surface area (Å²) in [6, 6.07) is 8.04. The van der Waals surface area contributed by atoms with Crippen LogP contribution in [0.2, 0.25) is 0 Å². The van der Waals surface area contributed by atoms with E-state index in [1.807, 2.05) is 18.2 Å². The third-order valence-electron chi connectivity index (χ3n) is 3.59. The number of carbonyl (C=O) groups is 1. The molecule has 0 fully saturated rings. The van der Waals surface area contributed by atoms with Gasteiger partial charge in [0, 0.05) is 5.69 Å². The van der Waals surface area contributed by atoms with E-state index in [0.717, 1.165) is 12.1 Å². The third kappa shape index (κ3) is 1.73. The average Bonchev–Trinajstić information content (AvgIpc) is 2.57. The molecular weight excluding hydrogens is 198 g/mol. The molecule has 1 aliphatic heterocycles. The predicted molar refractivity (Wildman–Crippen MR) is 66.4 cm³/mol. The molecule has 1 heterocycles. The fourth-order valence-corrected chi connectivity index (χ4v) is 2.75. The first-order valence-corrected chi connectivity index (χ1v) is 6.05. The number of rotatable bonds is 3. The molecule has 0 spiro atoms. The van der Waals surface area contributed by atoms with E-state index in [1.54, 1.807) is 0 Å². The van der Waals surface area contributed by atoms with Gasteiger partial charge in [-0.2, -0.15) is 0 Å². The lowest BCUT2D eigenvalue weighted by molar-refractivity contribution is -0.118. The summed E-state index contributed by atoms with van der Waals surface area (Å²) in [7, 11) is 0. The van der Waals surface area contributed by atoms with Crippen LogP contribution in [0.25, 0.3) is 0 Å². The molecule has 0 saturated carbocycles. The van der Waals surface area contributed by atoms with Crippen molar-refractivity contribution in [3.63, 3.8) is 0 Å². The zero-order valence-electron chi connectivity index (χ0n) is 10.2. The van der Waals surface area contributed by atoms with E-state index >= 15 is 0 Å². The first-order chi connectivity index (χ1) is 7.65. The summed E-state index contributed by atoms with van der Waals surface area (Å²) in [5.41, 5.74) is 2.17. The minimum absolute atomic E-state index is 0.0428. The van der Waals surface area contributed by atoms with Crippen molar-refractivity contribution in [2.24, 2.45) is 11.8 Å². The van der Waals surface area contributed by atoms with Gasteiger partial charge in [-0.3, -0.25) is 4.79 Å². The second-order valence-corrected chi connectivity index (χ2v) is 4.87. The quantitative estimate of drug-likeness (QED) is 0.826. The molecule has 1 aromatic rings. The van der Waals surface area contributed by atoms with Crippen molar-refractivity contribution in [2.75, 3.05) is 5.32 Å². The van der Waals surface area contributed by atoms with Crippen LogP contribution in [-0.2, 0) is 4.79 Å². The zero-order valence-corrected chi connectivity index (χ0v) is 10.2. The molecule has 16 heavy (non-hydrogen) atoms. The molecule has 0 aromatic heterocycles. The Morgan fingerprint density at radius 2 is 2.00 bits per heavy atom. The molecule has 0 radical (unpaired) electrons. The van der Waals surface area contributed by atoms with Gasteiger partial charge in [-0.25, -0.2) is 0 Å². The molecule has 0 saturated heterocycles. The van der Waals surface area contributed by atoms with Crippen molar-refractivity contribution in [3.05, 3.63) is 29.8 Å². The second-order valence-electron chi connectivity index (χ2n) is 4.87. The number of para-hydroxylation sites is 1. The Balaban J connectivity index is 2.38. The number of amides is 1. The Kier molecular flexibility index (Phi) is 2.99. The van der Waals surface area contributed by atoms with Gasteiger partial charge in [-0.1, -0.05) is 45.4 Å². The Morgan fingerprint density at radius 1 is 1.31 bits per heavy atom. The number of anilines is 1. The van der Waals surface area contributed by atoms with Crippen molar-refractivity contribution in [2.45, 2.75) is 33.1 Å². The average molecular weight is 217 g/mol. The summed E-state index contributed by atoms with van der Waals surface area (Å²) < 4.78 is 0. The molecule has 1 aromatic carbocycles. The SMILES string of the molecule is CCC(C(C)C)C1C(=O)Nc2ccccc21. The van der Waals surface area contributed by atoms with E-state index in [1.165, 1.54) is 5.56 Å². The van der Waals surface area contributed by atoms with Gasteiger partial charge in [0.15, 0.2) is 0 Å². The molecule has 0 bridgehead atoms. The summed E-state index contributed by atoms with van der Waals surface area (Å²) in [6.07, 6.45) is 1.05. The number of nitrogens with one attached hydrogen (secondary N) is 1. The number of hydrogen-bond donors (Lipinski definition) is 1. The highest BCUT2D eigenvalue weighted by molar-refractivity contribution is 6.03. The normalized spacial score (nSPS) is 20.8. The van der Waals surface area contributed by atoms with E-state index in [0.29, 0.717) is 11.8 Å². The minimum Gasteiger partial charge on any atom is -0.325 e. The van der Waals surface area contributed by atoms with E-state index in [2.05, 4.69) is 32.2 Å². The van der Waals surface area contributed by atoms with Crippen molar-refractivity contribution >= 4 is 11.6 Å². The third-order valence-corrected chi connectivity index (χ3v) is 3.59. The van der Waals surface area contributed by atoms with Gasteiger partial charge in [0.25, 0.3) is 0 Å². The lowest BCUT2D eigenvalue weighted by Gasteiger charge is -2.24. The monoisotopic (exact) mass is 217 g/mol. The largest absolute Gasteiger partial charge is 0.325 e. The van der Waals surface area contributed by atoms with Crippen molar-refractivity contribution in [3.8, 4) is 0 Å². The van der Waals surface area contributed by atoms with E-state index in [9.17, 15) is 4.79 Å². The van der Waals surface area contributed by atoms with Crippen molar-refractivity contribution < 1.29 is 4.79 Å². The smallest absolute Gasteiger partial charge is 0.232 e. The van der Waals surface area contributed by atoms with Crippen LogP contribution in [0, 0.1) is 11.8 Å². The van der Waals surface area contributed by atoms with E-state index in [-0.39, 0.29) is 11.8 Å². The number of hydrogen-bond acceptors (Lipinski definition) is 1. The first kappa shape index (κ1) is 11.2. The van der Waals surface area contributed by atoms with Crippen LogP contribution in [0.3, 0.4) is 0 Å². The number of benzene rings is 1. The Hall–Kier alpha value is -1.31. The van der Waals surface area contributed by atoms with Crippen LogP contribution in [0.15, 0.2) is 24.3 Å². The predicted octanol–water partition coefficient (Wildman–Crippen LogP) is 3.40. The Labute approximate surface area is 97.1 Å². The highest BCUT2D eigenvalue weighted by Gasteiger charge is 2.36. The van der Waals surface area contributed by atoms with Crippen molar-refractivity contribution in [1.29, 1.82) is 0 Å². The van der Waals surface area contributed by atoms with Crippen LogP contribution in [0.1, 0.15) is 38.7 Å². The maximum atomic E-state index is 12.0. The highest BCUT2D eigenvalue weighted by Crippen LogP contribution is 2.41. The summed E-state index contributed by atoms with van der Waals surface area (Å²) in [6.45, 7) is 6.56.